The Morgan fingerprint density at radius 3 is 2.78 bits per heavy atom. The topological polar surface area (TPSA) is 86.8 Å². The smallest absolute Gasteiger partial charge is 0.258 e. The second-order valence-corrected chi connectivity index (χ2v) is 5.33. The van der Waals surface area contributed by atoms with Crippen molar-refractivity contribution in [2.75, 3.05) is 24.3 Å². The minimum Gasteiger partial charge on any atom is -0.357 e. The summed E-state index contributed by atoms with van der Waals surface area (Å²) < 4.78 is 0. The molecule has 0 atom stereocenters. The number of H-pyrrole nitrogens is 1. The lowest BCUT2D eigenvalue weighted by Gasteiger charge is -2.18. The number of aromatic amines is 1. The average molecular weight is 310 g/mol. The molecular weight excluding hydrogens is 292 g/mol. The lowest BCUT2D eigenvalue weighted by Crippen LogP contribution is -2.23. The van der Waals surface area contributed by atoms with E-state index in [1.807, 2.05) is 43.1 Å². The van der Waals surface area contributed by atoms with Crippen LogP contribution in [0.1, 0.15) is 11.5 Å². The van der Waals surface area contributed by atoms with Crippen LogP contribution >= 0.6 is 0 Å². The molecule has 3 aromatic rings. The van der Waals surface area contributed by atoms with Crippen LogP contribution in [0.4, 0.5) is 11.8 Å². The van der Waals surface area contributed by atoms with E-state index in [1.165, 1.54) is 0 Å². The highest BCUT2D eigenvalue weighted by Gasteiger charge is 2.10. The van der Waals surface area contributed by atoms with Crippen LogP contribution in [0.25, 0.3) is 10.9 Å². The van der Waals surface area contributed by atoms with E-state index in [2.05, 4.69) is 25.3 Å². The number of nitrogens with one attached hydrogen (secondary N) is 2. The van der Waals surface area contributed by atoms with Crippen molar-refractivity contribution in [1.29, 1.82) is 0 Å². The van der Waals surface area contributed by atoms with Crippen LogP contribution in [0.5, 0.6) is 0 Å². The molecule has 118 valence electrons. The normalized spacial score (nSPS) is 10.7. The minimum absolute atomic E-state index is 0.131. The molecule has 2 aromatic heterocycles. The lowest BCUT2D eigenvalue weighted by molar-refractivity contribution is 0.822. The molecule has 0 aliphatic heterocycles. The van der Waals surface area contributed by atoms with Crippen LogP contribution in [0.3, 0.4) is 0 Å². The number of fused-ring (bicyclic) bond motifs is 1. The third kappa shape index (κ3) is 3.13. The SMILES string of the molecule is CNc1nc(C)cc(N(C)Cc2nc3ccccc3c(=O)[nH]2)n1. The molecule has 3 rings (SSSR count). The van der Waals surface area contributed by atoms with Crippen molar-refractivity contribution in [1.82, 2.24) is 19.9 Å². The summed E-state index contributed by atoms with van der Waals surface area (Å²) in [5.41, 5.74) is 1.43. The number of aromatic nitrogens is 4. The zero-order valence-corrected chi connectivity index (χ0v) is 13.3. The molecule has 0 spiro atoms. The fourth-order valence-electron chi connectivity index (χ4n) is 2.37. The molecule has 7 heteroatoms. The highest BCUT2D eigenvalue weighted by Crippen LogP contribution is 2.15. The monoisotopic (exact) mass is 310 g/mol. The van der Waals surface area contributed by atoms with Crippen molar-refractivity contribution in [3.05, 3.63) is 52.2 Å². The zero-order chi connectivity index (χ0) is 16.4. The summed E-state index contributed by atoms with van der Waals surface area (Å²) in [6.07, 6.45) is 0. The highest BCUT2D eigenvalue weighted by molar-refractivity contribution is 5.77. The molecule has 0 radical (unpaired) electrons. The summed E-state index contributed by atoms with van der Waals surface area (Å²) in [7, 11) is 3.68. The number of nitrogens with zero attached hydrogens (tertiary/aromatic N) is 4. The Balaban J connectivity index is 1.92. The molecule has 0 aliphatic rings. The van der Waals surface area contributed by atoms with E-state index in [-0.39, 0.29) is 5.56 Å². The first-order chi connectivity index (χ1) is 11.1. The van der Waals surface area contributed by atoms with Crippen LogP contribution in [0.2, 0.25) is 0 Å². The van der Waals surface area contributed by atoms with E-state index in [9.17, 15) is 4.79 Å². The number of para-hydroxylation sites is 1. The number of aryl methyl sites for hydroxylation is 1. The predicted octanol–water partition coefficient (Wildman–Crippen LogP) is 1.70. The van der Waals surface area contributed by atoms with Crippen LogP contribution in [-0.2, 0) is 6.54 Å². The molecule has 0 saturated carbocycles. The second-order valence-electron chi connectivity index (χ2n) is 5.33. The molecule has 23 heavy (non-hydrogen) atoms. The van der Waals surface area contributed by atoms with Gasteiger partial charge in [-0.05, 0) is 19.1 Å². The van der Waals surface area contributed by atoms with Gasteiger partial charge in [0.05, 0.1) is 17.4 Å². The molecule has 0 bridgehead atoms. The standard InChI is InChI=1S/C16H18N6O/c1-10-8-14(21-16(17-2)18-10)22(3)9-13-19-12-7-5-4-6-11(12)15(23)20-13/h4-8H,9H2,1-3H3,(H,17,18,21)(H,19,20,23). The Bertz CT molecular complexity index is 904. The van der Waals surface area contributed by atoms with Gasteiger partial charge >= 0.3 is 0 Å². The number of rotatable bonds is 4. The first-order valence-electron chi connectivity index (χ1n) is 7.29. The Kier molecular flexibility index (Phi) is 3.92. The summed E-state index contributed by atoms with van der Waals surface area (Å²) in [4.78, 5) is 30.1. The first kappa shape index (κ1) is 15.0. The van der Waals surface area contributed by atoms with Crippen LogP contribution < -0.4 is 15.8 Å². The molecule has 0 fully saturated rings. The van der Waals surface area contributed by atoms with Gasteiger partial charge in [0.2, 0.25) is 5.95 Å². The summed E-state index contributed by atoms with van der Waals surface area (Å²) in [6.45, 7) is 2.36. The van der Waals surface area contributed by atoms with Crippen molar-refractivity contribution < 1.29 is 0 Å². The molecule has 0 amide bonds. The van der Waals surface area contributed by atoms with Gasteiger partial charge < -0.3 is 15.2 Å². The number of benzene rings is 1. The van der Waals surface area contributed by atoms with E-state index in [0.29, 0.717) is 29.2 Å². The summed E-state index contributed by atoms with van der Waals surface area (Å²) in [5.74, 6) is 1.92. The van der Waals surface area contributed by atoms with Crippen molar-refractivity contribution in [2.45, 2.75) is 13.5 Å². The molecule has 0 unspecified atom stereocenters. The van der Waals surface area contributed by atoms with E-state index in [4.69, 9.17) is 0 Å². The summed E-state index contributed by atoms with van der Waals surface area (Å²) in [6, 6.07) is 9.19. The molecule has 2 heterocycles. The van der Waals surface area contributed by atoms with Gasteiger partial charge in [-0.1, -0.05) is 12.1 Å². The number of anilines is 2. The van der Waals surface area contributed by atoms with Gasteiger partial charge in [-0.25, -0.2) is 9.97 Å². The van der Waals surface area contributed by atoms with Gasteiger partial charge in [0.25, 0.3) is 5.56 Å². The van der Waals surface area contributed by atoms with Gasteiger partial charge in [0, 0.05) is 25.9 Å². The quantitative estimate of drug-likeness (QED) is 0.763. The molecule has 1 aromatic carbocycles. The maximum Gasteiger partial charge on any atom is 0.258 e. The van der Waals surface area contributed by atoms with Gasteiger partial charge in [0.1, 0.15) is 11.6 Å². The van der Waals surface area contributed by atoms with Gasteiger partial charge in [-0.3, -0.25) is 4.79 Å². The summed E-state index contributed by atoms with van der Waals surface area (Å²) in [5, 5.41) is 3.53. The first-order valence-corrected chi connectivity index (χ1v) is 7.29. The van der Waals surface area contributed by atoms with Gasteiger partial charge in [-0.15, -0.1) is 0 Å². The van der Waals surface area contributed by atoms with Gasteiger partial charge in [0.15, 0.2) is 0 Å². The van der Waals surface area contributed by atoms with E-state index >= 15 is 0 Å². The van der Waals surface area contributed by atoms with E-state index in [1.54, 1.807) is 13.1 Å². The predicted molar refractivity (Wildman–Crippen MR) is 90.8 cm³/mol. The van der Waals surface area contributed by atoms with E-state index < -0.39 is 0 Å². The van der Waals surface area contributed by atoms with Crippen LogP contribution in [-0.4, -0.2) is 34.0 Å². The van der Waals surface area contributed by atoms with Crippen molar-refractivity contribution in [3.63, 3.8) is 0 Å². The zero-order valence-electron chi connectivity index (χ0n) is 13.3. The number of hydrogen-bond donors (Lipinski definition) is 2. The van der Waals surface area contributed by atoms with Crippen molar-refractivity contribution in [2.24, 2.45) is 0 Å². The lowest BCUT2D eigenvalue weighted by atomic mass is 10.2. The maximum absolute atomic E-state index is 12.1. The summed E-state index contributed by atoms with van der Waals surface area (Å²) >= 11 is 0. The fourth-order valence-corrected chi connectivity index (χ4v) is 2.37. The third-order valence-electron chi connectivity index (χ3n) is 3.50. The Labute approximate surface area is 133 Å². The number of hydrogen-bond acceptors (Lipinski definition) is 6. The van der Waals surface area contributed by atoms with Crippen molar-refractivity contribution >= 4 is 22.7 Å². The molecule has 0 aliphatic carbocycles. The molecule has 7 nitrogen and oxygen atoms in total. The fraction of sp³-hybridized carbons (Fsp3) is 0.250. The van der Waals surface area contributed by atoms with E-state index in [0.717, 1.165) is 11.5 Å². The Morgan fingerprint density at radius 1 is 1.22 bits per heavy atom. The minimum atomic E-state index is -0.131. The maximum atomic E-state index is 12.1. The van der Waals surface area contributed by atoms with Gasteiger partial charge in [-0.2, -0.15) is 4.98 Å². The van der Waals surface area contributed by atoms with Crippen LogP contribution in [0, 0.1) is 6.92 Å². The second kappa shape index (κ2) is 6.04. The molecule has 2 N–H and O–H groups in total. The molecular formula is C16H18N6O. The average Bonchev–Trinajstić information content (AvgIpc) is 2.54. The largest absolute Gasteiger partial charge is 0.357 e. The highest BCUT2D eigenvalue weighted by atomic mass is 16.1. The van der Waals surface area contributed by atoms with Crippen molar-refractivity contribution in [3.8, 4) is 0 Å². The Morgan fingerprint density at radius 2 is 2.00 bits per heavy atom. The molecule has 0 saturated heterocycles. The third-order valence-corrected chi connectivity index (χ3v) is 3.50. The van der Waals surface area contributed by atoms with Crippen LogP contribution in [0.15, 0.2) is 35.1 Å². The Hall–Kier alpha value is -2.96.